The second kappa shape index (κ2) is 15.2. The van der Waals surface area contributed by atoms with Gasteiger partial charge in [-0.2, -0.15) is 5.26 Å². The van der Waals surface area contributed by atoms with E-state index in [1.807, 2.05) is 41.8 Å². The molecule has 1 heterocycles. The van der Waals surface area contributed by atoms with Gasteiger partial charge < -0.3 is 16.0 Å². The van der Waals surface area contributed by atoms with Gasteiger partial charge in [-0.1, -0.05) is 78.3 Å². The van der Waals surface area contributed by atoms with Crippen molar-refractivity contribution in [1.82, 2.24) is 5.32 Å². The molecule has 10 heteroatoms. The normalized spacial score (nSPS) is 11.6. The second-order valence-electron chi connectivity index (χ2n) is 9.99. The lowest BCUT2D eigenvalue weighted by molar-refractivity contribution is -0.115. The number of nitrogens with zero attached hydrogens (tertiary/aromatic N) is 1. The summed E-state index contributed by atoms with van der Waals surface area (Å²) < 4.78 is 0. The number of hydrogen-bond donors (Lipinski definition) is 3. The molecule has 228 valence electrons. The molecule has 5 rings (SSSR count). The Balaban J connectivity index is 1.28. The predicted octanol–water partition coefficient (Wildman–Crippen LogP) is 8.47. The summed E-state index contributed by atoms with van der Waals surface area (Å²) >= 11 is 8.64. The van der Waals surface area contributed by atoms with Crippen LogP contribution in [0, 0.1) is 11.3 Å². The number of thioether (sulfide) groups is 1. The third-order valence-electron chi connectivity index (χ3n) is 6.71. The summed E-state index contributed by atoms with van der Waals surface area (Å²) in [4.78, 5) is 40.3. The molecular formula is C36H27ClN4O3S2. The van der Waals surface area contributed by atoms with Crippen LogP contribution < -0.4 is 16.0 Å². The number of hydrogen-bond acceptors (Lipinski definition) is 6. The molecule has 0 aliphatic carbocycles. The van der Waals surface area contributed by atoms with Gasteiger partial charge in [0, 0.05) is 32.1 Å². The van der Waals surface area contributed by atoms with E-state index in [9.17, 15) is 19.6 Å². The molecule has 0 saturated carbocycles. The molecule has 0 radical (unpaired) electrons. The lowest BCUT2D eigenvalue weighted by Gasteiger charge is -2.14. The average molecular weight is 663 g/mol. The van der Waals surface area contributed by atoms with E-state index in [-0.39, 0.29) is 11.6 Å². The van der Waals surface area contributed by atoms with Crippen LogP contribution in [0.2, 0.25) is 5.02 Å². The van der Waals surface area contributed by atoms with Gasteiger partial charge in [0.25, 0.3) is 11.8 Å². The van der Waals surface area contributed by atoms with Gasteiger partial charge in [-0.05, 0) is 66.6 Å². The van der Waals surface area contributed by atoms with Crippen LogP contribution in [0.15, 0.2) is 125 Å². The SMILES string of the molecule is CC(Sc1cccc(NC(=O)/C(=C\c2ccc(Cl)cc2)NC(=O)c2ccccc2)c1)C(=O)Nc1scc(-c2ccccc2)c1C#N. The average Bonchev–Trinajstić information content (AvgIpc) is 3.48. The van der Waals surface area contributed by atoms with E-state index in [1.165, 1.54) is 23.1 Å². The molecule has 46 heavy (non-hydrogen) atoms. The molecule has 5 aromatic rings. The Labute approximate surface area is 279 Å². The summed E-state index contributed by atoms with van der Waals surface area (Å²) in [6.45, 7) is 1.77. The van der Waals surface area contributed by atoms with Crippen molar-refractivity contribution in [3.05, 3.63) is 142 Å². The number of anilines is 2. The highest BCUT2D eigenvalue weighted by molar-refractivity contribution is 8.00. The van der Waals surface area contributed by atoms with Crippen molar-refractivity contribution >= 4 is 69.2 Å². The minimum atomic E-state index is -0.525. The minimum absolute atomic E-state index is 0.0427. The summed E-state index contributed by atoms with van der Waals surface area (Å²) in [6, 6.07) is 34.4. The molecule has 0 saturated heterocycles. The van der Waals surface area contributed by atoms with Gasteiger partial charge in [-0.3, -0.25) is 14.4 Å². The number of amides is 3. The topological polar surface area (TPSA) is 111 Å². The monoisotopic (exact) mass is 662 g/mol. The van der Waals surface area contributed by atoms with Crippen LogP contribution in [-0.4, -0.2) is 23.0 Å². The summed E-state index contributed by atoms with van der Waals surface area (Å²) in [5.74, 6) is -1.21. The van der Waals surface area contributed by atoms with Gasteiger partial charge in [0.05, 0.1) is 10.8 Å². The lowest BCUT2D eigenvalue weighted by atomic mass is 10.1. The van der Waals surface area contributed by atoms with Crippen molar-refractivity contribution in [3.63, 3.8) is 0 Å². The molecule has 0 aliphatic rings. The molecule has 7 nitrogen and oxygen atoms in total. The van der Waals surface area contributed by atoms with Crippen LogP contribution in [0.4, 0.5) is 10.7 Å². The highest BCUT2D eigenvalue weighted by atomic mass is 35.5. The van der Waals surface area contributed by atoms with Crippen molar-refractivity contribution < 1.29 is 14.4 Å². The van der Waals surface area contributed by atoms with Crippen LogP contribution in [0.25, 0.3) is 17.2 Å². The van der Waals surface area contributed by atoms with Crippen molar-refractivity contribution in [2.24, 2.45) is 0 Å². The standard InChI is InChI=1S/C36H27ClN4O3S2/c1-23(33(42)41-36-30(21-38)31(22-45-36)25-9-4-2-5-10-25)46-29-14-8-13-28(20-29)39-35(44)32(19-24-15-17-27(37)18-16-24)40-34(43)26-11-6-3-7-12-26/h2-20,22-23H,1H3,(H,39,44)(H,40,43)(H,41,42)/b32-19+. The maximum Gasteiger partial charge on any atom is 0.272 e. The molecule has 1 aromatic heterocycles. The molecule has 3 amide bonds. The van der Waals surface area contributed by atoms with Gasteiger partial charge in [-0.15, -0.1) is 23.1 Å². The summed E-state index contributed by atoms with van der Waals surface area (Å²) in [5.41, 5.74) is 3.71. The number of carbonyl (C=O) groups is 3. The molecule has 0 aliphatic heterocycles. The number of halogens is 1. The number of carbonyl (C=O) groups excluding carboxylic acids is 3. The lowest BCUT2D eigenvalue weighted by Crippen LogP contribution is -2.30. The molecular weight excluding hydrogens is 636 g/mol. The quantitative estimate of drug-likeness (QED) is 0.103. The fourth-order valence-corrected chi connectivity index (χ4v) is 6.35. The zero-order chi connectivity index (χ0) is 32.5. The largest absolute Gasteiger partial charge is 0.321 e. The number of thiophene rings is 1. The molecule has 0 bridgehead atoms. The number of benzene rings is 4. The summed E-state index contributed by atoms with van der Waals surface area (Å²) in [7, 11) is 0. The van der Waals surface area contributed by atoms with Crippen molar-refractivity contribution in [3.8, 4) is 17.2 Å². The molecule has 0 spiro atoms. The van der Waals surface area contributed by atoms with Crippen LogP contribution in [0.5, 0.6) is 0 Å². The van der Waals surface area contributed by atoms with Crippen molar-refractivity contribution in [2.45, 2.75) is 17.1 Å². The molecule has 1 atom stereocenters. The van der Waals surface area contributed by atoms with Crippen LogP contribution >= 0.6 is 34.7 Å². The van der Waals surface area contributed by atoms with E-state index in [2.05, 4.69) is 22.0 Å². The zero-order valence-corrected chi connectivity index (χ0v) is 26.9. The predicted molar refractivity (Wildman–Crippen MR) is 187 cm³/mol. The van der Waals surface area contributed by atoms with E-state index < -0.39 is 17.1 Å². The summed E-state index contributed by atoms with van der Waals surface area (Å²) in [5, 5.41) is 20.7. The first kappa shape index (κ1) is 32.3. The maximum absolute atomic E-state index is 13.4. The third kappa shape index (κ3) is 8.31. The Morgan fingerprint density at radius 2 is 1.59 bits per heavy atom. The van der Waals surface area contributed by atoms with E-state index in [0.717, 1.165) is 16.0 Å². The molecule has 4 aromatic carbocycles. The van der Waals surface area contributed by atoms with Gasteiger partial charge >= 0.3 is 0 Å². The minimum Gasteiger partial charge on any atom is -0.321 e. The highest BCUT2D eigenvalue weighted by Crippen LogP contribution is 2.36. The zero-order valence-electron chi connectivity index (χ0n) is 24.5. The van der Waals surface area contributed by atoms with E-state index in [0.29, 0.717) is 32.4 Å². The molecule has 1 unspecified atom stereocenters. The Morgan fingerprint density at radius 1 is 0.891 bits per heavy atom. The Morgan fingerprint density at radius 3 is 2.28 bits per heavy atom. The van der Waals surface area contributed by atoms with E-state index in [1.54, 1.807) is 85.8 Å². The first-order chi connectivity index (χ1) is 22.3. The number of nitriles is 1. The van der Waals surface area contributed by atoms with Gasteiger partial charge in [0.2, 0.25) is 5.91 Å². The Hall–Kier alpha value is -5.14. The van der Waals surface area contributed by atoms with Crippen LogP contribution in [-0.2, 0) is 9.59 Å². The van der Waals surface area contributed by atoms with Gasteiger partial charge in [-0.25, -0.2) is 0 Å². The van der Waals surface area contributed by atoms with Crippen molar-refractivity contribution in [2.75, 3.05) is 10.6 Å². The smallest absolute Gasteiger partial charge is 0.272 e. The maximum atomic E-state index is 13.4. The van der Waals surface area contributed by atoms with Crippen LogP contribution in [0.3, 0.4) is 0 Å². The van der Waals surface area contributed by atoms with Gasteiger partial charge in [0.1, 0.15) is 16.8 Å². The second-order valence-corrected chi connectivity index (χ2v) is 12.7. The molecule has 3 N–H and O–H groups in total. The summed E-state index contributed by atoms with van der Waals surface area (Å²) in [6.07, 6.45) is 1.57. The highest BCUT2D eigenvalue weighted by Gasteiger charge is 2.20. The van der Waals surface area contributed by atoms with Gasteiger partial charge in [0.15, 0.2) is 0 Å². The third-order valence-corrected chi connectivity index (χ3v) is 8.95. The Bertz CT molecular complexity index is 1940. The number of nitrogens with one attached hydrogen (secondary N) is 3. The van der Waals surface area contributed by atoms with Crippen molar-refractivity contribution in [1.29, 1.82) is 5.26 Å². The fourth-order valence-electron chi connectivity index (χ4n) is 4.38. The van der Waals surface area contributed by atoms with E-state index >= 15 is 0 Å². The fraction of sp³-hybridized carbons (Fsp3) is 0.0556. The van der Waals surface area contributed by atoms with Crippen LogP contribution in [0.1, 0.15) is 28.4 Å². The number of rotatable bonds is 10. The first-order valence-corrected chi connectivity index (χ1v) is 16.2. The molecule has 0 fully saturated rings. The first-order valence-electron chi connectivity index (χ1n) is 14.1. The van der Waals surface area contributed by atoms with E-state index in [4.69, 9.17) is 11.6 Å². The Kier molecular flexibility index (Phi) is 10.7.